The van der Waals surface area contributed by atoms with Gasteiger partial charge in [0.15, 0.2) is 0 Å². The van der Waals surface area contributed by atoms with Crippen molar-refractivity contribution in [1.82, 2.24) is 9.88 Å². The molecule has 0 bridgehead atoms. The van der Waals surface area contributed by atoms with E-state index >= 15 is 0 Å². The van der Waals surface area contributed by atoms with Crippen molar-refractivity contribution in [2.45, 2.75) is 32.9 Å². The van der Waals surface area contributed by atoms with Crippen LogP contribution in [0.3, 0.4) is 0 Å². The standard InChI is InChI=1S/C14H23F3N4/c1-3-21(4-2)8-6-5-7-19-12-9-11(14(15,16)17)10-20-13(12)18/h9-10,19H,3-8H2,1-2H3,(H2,18,20). The maximum atomic E-state index is 12.6. The zero-order chi connectivity index (χ0) is 15.9. The van der Waals surface area contributed by atoms with Crippen LogP contribution < -0.4 is 11.1 Å². The van der Waals surface area contributed by atoms with Crippen molar-refractivity contribution in [3.05, 3.63) is 17.8 Å². The van der Waals surface area contributed by atoms with Crippen molar-refractivity contribution >= 4 is 11.5 Å². The summed E-state index contributed by atoms with van der Waals surface area (Å²) in [5, 5.41) is 2.93. The topological polar surface area (TPSA) is 54.2 Å². The summed E-state index contributed by atoms with van der Waals surface area (Å²) in [4.78, 5) is 5.89. The van der Waals surface area contributed by atoms with E-state index in [2.05, 4.69) is 29.0 Å². The van der Waals surface area contributed by atoms with Crippen LogP contribution in [0.25, 0.3) is 0 Å². The molecule has 7 heteroatoms. The SMILES string of the molecule is CCN(CC)CCCCNc1cc(C(F)(F)F)cnc1N. The lowest BCUT2D eigenvalue weighted by Crippen LogP contribution is -2.24. The molecule has 1 heterocycles. The van der Waals surface area contributed by atoms with Gasteiger partial charge in [0.2, 0.25) is 0 Å². The van der Waals surface area contributed by atoms with Gasteiger partial charge in [-0.3, -0.25) is 0 Å². The molecule has 0 spiro atoms. The monoisotopic (exact) mass is 304 g/mol. The third-order valence-electron chi connectivity index (χ3n) is 3.36. The summed E-state index contributed by atoms with van der Waals surface area (Å²) in [5.74, 6) is 0.0896. The Morgan fingerprint density at radius 1 is 1.24 bits per heavy atom. The number of pyridine rings is 1. The van der Waals surface area contributed by atoms with Crippen LogP contribution in [0.1, 0.15) is 32.3 Å². The lowest BCUT2D eigenvalue weighted by atomic mass is 10.2. The molecule has 1 aromatic rings. The number of nitrogen functional groups attached to an aromatic ring is 1. The van der Waals surface area contributed by atoms with Crippen LogP contribution >= 0.6 is 0 Å². The number of nitrogens with one attached hydrogen (secondary N) is 1. The van der Waals surface area contributed by atoms with E-state index < -0.39 is 11.7 Å². The first-order valence-electron chi connectivity index (χ1n) is 7.17. The summed E-state index contributed by atoms with van der Waals surface area (Å²) in [6.45, 7) is 7.80. The van der Waals surface area contributed by atoms with Gasteiger partial charge in [-0.1, -0.05) is 13.8 Å². The van der Waals surface area contributed by atoms with Crippen LogP contribution in [0.5, 0.6) is 0 Å². The fourth-order valence-corrected chi connectivity index (χ4v) is 2.00. The smallest absolute Gasteiger partial charge is 0.382 e. The number of alkyl halides is 3. The fourth-order valence-electron chi connectivity index (χ4n) is 2.00. The lowest BCUT2D eigenvalue weighted by molar-refractivity contribution is -0.137. The molecule has 0 fully saturated rings. The van der Waals surface area contributed by atoms with Crippen molar-refractivity contribution in [1.29, 1.82) is 0 Å². The summed E-state index contributed by atoms with van der Waals surface area (Å²) in [7, 11) is 0. The molecular weight excluding hydrogens is 281 g/mol. The van der Waals surface area contributed by atoms with Gasteiger partial charge >= 0.3 is 6.18 Å². The molecule has 21 heavy (non-hydrogen) atoms. The number of hydrogen-bond acceptors (Lipinski definition) is 4. The van der Waals surface area contributed by atoms with E-state index in [1.54, 1.807) is 0 Å². The van der Waals surface area contributed by atoms with E-state index in [0.717, 1.165) is 44.7 Å². The summed E-state index contributed by atoms with van der Waals surface area (Å²) in [6, 6.07) is 1.01. The highest BCUT2D eigenvalue weighted by atomic mass is 19.4. The number of hydrogen-bond donors (Lipinski definition) is 2. The Bertz CT molecular complexity index is 431. The van der Waals surface area contributed by atoms with Crippen LogP contribution in [0, 0.1) is 0 Å². The van der Waals surface area contributed by atoms with Gasteiger partial charge in [0.1, 0.15) is 5.82 Å². The molecule has 0 aromatic carbocycles. The molecule has 0 atom stereocenters. The summed E-state index contributed by atoms with van der Waals surface area (Å²) in [5.41, 5.74) is 5.04. The molecule has 0 saturated carbocycles. The van der Waals surface area contributed by atoms with E-state index in [0.29, 0.717) is 6.54 Å². The van der Waals surface area contributed by atoms with Crippen molar-refractivity contribution in [3.63, 3.8) is 0 Å². The number of nitrogens with two attached hydrogens (primary N) is 1. The van der Waals surface area contributed by atoms with Crippen molar-refractivity contribution in [2.24, 2.45) is 0 Å². The minimum absolute atomic E-state index is 0.0896. The molecule has 1 rings (SSSR count). The molecule has 0 aliphatic heterocycles. The fraction of sp³-hybridized carbons (Fsp3) is 0.643. The zero-order valence-corrected chi connectivity index (χ0v) is 12.5. The summed E-state index contributed by atoms with van der Waals surface area (Å²) >= 11 is 0. The first-order chi connectivity index (χ1) is 9.88. The Morgan fingerprint density at radius 2 is 1.90 bits per heavy atom. The molecular formula is C14H23F3N4. The van der Waals surface area contributed by atoms with Crippen LogP contribution in [0.15, 0.2) is 12.3 Å². The highest BCUT2D eigenvalue weighted by Gasteiger charge is 2.31. The average Bonchev–Trinajstić information content (AvgIpc) is 2.43. The van der Waals surface area contributed by atoms with Crippen molar-refractivity contribution in [3.8, 4) is 0 Å². The van der Waals surface area contributed by atoms with E-state index in [4.69, 9.17) is 5.73 Å². The molecule has 120 valence electrons. The predicted molar refractivity (Wildman–Crippen MR) is 79.2 cm³/mol. The minimum Gasteiger partial charge on any atom is -0.382 e. The molecule has 0 radical (unpaired) electrons. The molecule has 0 aliphatic carbocycles. The first-order valence-corrected chi connectivity index (χ1v) is 7.17. The zero-order valence-electron chi connectivity index (χ0n) is 12.5. The molecule has 0 aliphatic rings. The molecule has 3 N–H and O–H groups in total. The highest BCUT2D eigenvalue weighted by Crippen LogP contribution is 2.31. The average molecular weight is 304 g/mol. The summed E-state index contributed by atoms with van der Waals surface area (Å²) in [6.07, 6.45) is -1.80. The maximum absolute atomic E-state index is 12.6. The number of nitrogens with zero attached hydrogens (tertiary/aromatic N) is 2. The molecule has 0 saturated heterocycles. The van der Waals surface area contributed by atoms with Crippen LogP contribution in [0.2, 0.25) is 0 Å². The van der Waals surface area contributed by atoms with E-state index in [-0.39, 0.29) is 11.5 Å². The van der Waals surface area contributed by atoms with Crippen LogP contribution in [0.4, 0.5) is 24.7 Å². The van der Waals surface area contributed by atoms with Crippen molar-refractivity contribution < 1.29 is 13.2 Å². The first kappa shape index (κ1) is 17.6. The molecule has 0 amide bonds. The second kappa shape index (κ2) is 8.07. The van der Waals surface area contributed by atoms with Gasteiger partial charge in [-0.25, -0.2) is 4.98 Å². The van der Waals surface area contributed by atoms with Gasteiger partial charge in [-0.15, -0.1) is 0 Å². The Balaban J connectivity index is 2.45. The van der Waals surface area contributed by atoms with Gasteiger partial charge in [0.25, 0.3) is 0 Å². The van der Waals surface area contributed by atoms with Crippen LogP contribution in [-0.4, -0.2) is 36.1 Å². The quantitative estimate of drug-likeness (QED) is 0.724. The second-order valence-electron chi connectivity index (χ2n) is 4.82. The van der Waals surface area contributed by atoms with Crippen LogP contribution in [-0.2, 0) is 6.18 Å². The van der Waals surface area contributed by atoms with E-state index in [1.165, 1.54) is 0 Å². The Labute approximate surface area is 123 Å². The normalized spacial score (nSPS) is 11.9. The molecule has 1 aromatic heterocycles. The number of anilines is 2. The number of rotatable bonds is 8. The Morgan fingerprint density at radius 3 is 2.48 bits per heavy atom. The minimum atomic E-state index is -4.40. The predicted octanol–water partition coefficient (Wildman–Crippen LogP) is 3.22. The largest absolute Gasteiger partial charge is 0.417 e. The molecule has 4 nitrogen and oxygen atoms in total. The lowest BCUT2D eigenvalue weighted by Gasteiger charge is -2.18. The summed E-state index contributed by atoms with van der Waals surface area (Å²) < 4.78 is 37.8. The van der Waals surface area contributed by atoms with Gasteiger partial charge in [-0.2, -0.15) is 13.2 Å². The third-order valence-corrected chi connectivity index (χ3v) is 3.36. The van der Waals surface area contributed by atoms with Gasteiger partial charge in [-0.05, 0) is 38.5 Å². The number of aromatic nitrogens is 1. The molecule has 0 unspecified atom stereocenters. The van der Waals surface area contributed by atoms with Gasteiger partial charge < -0.3 is 16.0 Å². The maximum Gasteiger partial charge on any atom is 0.417 e. The number of halogens is 3. The van der Waals surface area contributed by atoms with Gasteiger partial charge in [0, 0.05) is 12.7 Å². The Hall–Kier alpha value is -1.50. The van der Waals surface area contributed by atoms with Crippen molar-refractivity contribution in [2.75, 3.05) is 37.2 Å². The number of unbranched alkanes of at least 4 members (excludes halogenated alkanes) is 1. The van der Waals surface area contributed by atoms with Gasteiger partial charge in [0.05, 0.1) is 11.3 Å². The van der Waals surface area contributed by atoms with E-state index in [1.807, 2.05) is 0 Å². The Kier molecular flexibility index (Phi) is 6.74. The highest BCUT2D eigenvalue weighted by molar-refractivity contribution is 5.62. The van der Waals surface area contributed by atoms with E-state index in [9.17, 15) is 13.2 Å². The third kappa shape index (κ3) is 5.79. The second-order valence-corrected chi connectivity index (χ2v) is 4.82.